The van der Waals surface area contributed by atoms with E-state index >= 15 is 0 Å². The highest BCUT2D eigenvalue weighted by atomic mass is 16.4. The van der Waals surface area contributed by atoms with Crippen LogP contribution in [0.2, 0.25) is 0 Å². The molecule has 4 nitrogen and oxygen atoms in total. The van der Waals surface area contributed by atoms with Crippen LogP contribution in [0.5, 0.6) is 0 Å². The SMILES string of the molecule is CCC(C)C(NC(=O)C1CCCC1)C(=O)O. The predicted molar refractivity (Wildman–Crippen MR) is 61.0 cm³/mol. The van der Waals surface area contributed by atoms with Crippen LogP contribution in [-0.4, -0.2) is 23.0 Å². The fourth-order valence-corrected chi connectivity index (χ4v) is 2.14. The molecule has 2 unspecified atom stereocenters. The Labute approximate surface area is 96.4 Å². The molecule has 1 saturated carbocycles. The quantitative estimate of drug-likeness (QED) is 0.752. The van der Waals surface area contributed by atoms with E-state index in [-0.39, 0.29) is 17.7 Å². The van der Waals surface area contributed by atoms with E-state index in [1.807, 2.05) is 13.8 Å². The van der Waals surface area contributed by atoms with Crippen LogP contribution in [-0.2, 0) is 9.59 Å². The number of carboxylic acids is 1. The van der Waals surface area contributed by atoms with E-state index in [0.717, 1.165) is 32.1 Å². The molecule has 0 aromatic heterocycles. The lowest BCUT2D eigenvalue weighted by molar-refractivity contribution is -0.144. The van der Waals surface area contributed by atoms with E-state index in [2.05, 4.69) is 5.32 Å². The average Bonchev–Trinajstić information content (AvgIpc) is 2.77. The lowest BCUT2D eigenvalue weighted by Gasteiger charge is -2.21. The number of carboxylic acid groups (broad SMARTS) is 1. The number of nitrogens with one attached hydrogen (secondary N) is 1. The van der Waals surface area contributed by atoms with Crippen LogP contribution in [0.1, 0.15) is 46.0 Å². The van der Waals surface area contributed by atoms with Crippen LogP contribution in [0.15, 0.2) is 0 Å². The lowest BCUT2D eigenvalue weighted by atomic mass is 9.98. The average molecular weight is 227 g/mol. The molecule has 0 saturated heterocycles. The van der Waals surface area contributed by atoms with Gasteiger partial charge in [-0.15, -0.1) is 0 Å². The molecule has 0 aliphatic heterocycles. The maximum atomic E-state index is 11.8. The van der Waals surface area contributed by atoms with Crippen molar-refractivity contribution in [1.29, 1.82) is 0 Å². The molecule has 16 heavy (non-hydrogen) atoms. The van der Waals surface area contributed by atoms with Gasteiger partial charge in [-0.3, -0.25) is 4.79 Å². The summed E-state index contributed by atoms with van der Waals surface area (Å²) in [5, 5.41) is 11.7. The highest BCUT2D eigenvalue weighted by Gasteiger charge is 2.29. The van der Waals surface area contributed by atoms with Gasteiger partial charge in [-0.2, -0.15) is 0 Å². The molecule has 0 aromatic carbocycles. The normalized spacial score (nSPS) is 20.4. The van der Waals surface area contributed by atoms with E-state index in [4.69, 9.17) is 5.11 Å². The highest BCUT2D eigenvalue weighted by Crippen LogP contribution is 2.25. The molecule has 0 heterocycles. The summed E-state index contributed by atoms with van der Waals surface area (Å²) in [6.45, 7) is 3.79. The van der Waals surface area contributed by atoms with Crippen LogP contribution in [0.3, 0.4) is 0 Å². The summed E-state index contributed by atoms with van der Waals surface area (Å²) in [5.41, 5.74) is 0. The highest BCUT2D eigenvalue weighted by molar-refractivity contribution is 5.85. The van der Waals surface area contributed by atoms with Gasteiger partial charge in [0.05, 0.1) is 0 Å². The Balaban J connectivity index is 2.53. The summed E-state index contributed by atoms with van der Waals surface area (Å²) < 4.78 is 0. The third-order valence-electron chi connectivity index (χ3n) is 3.50. The number of rotatable bonds is 5. The molecule has 1 rings (SSSR count). The van der Waals surface area contributed by atoms with Crippen molar-refractivity contribution in [3.05, 3.63) is 0 Å². The zero-order valence-corrected chi connectivity index (χ0v) is 10.0. The van der Waals surface area contributed by atoms with E-state index in [9.17, 15) is 9.59 Å². The summed E-state index contributed by atoms with van der Waals surface area (Å²) in [5.74, 6) is -1.00. The van der Waals surface area contributed by atoms with Gasteiger partial charge in [-0.1, -0.05) is 33.1 Å². The maximum Gasteiger partial charge on any atom is 0.326 e. The van der Waals surface area contributed by atoms with Crippen molar-refractivity contribution in [2.45, 2.75) is 52.0 Å². The summed E-state index contributed by atoms with van der Waals surface area (Å²) in [6.07, 6.45) is 4.72. The lowest BCUT2D eigenvalue weighted by Crippen LogP contribution is -2.46. The smallest absolute Gasteiger partial charge is 0.326 e. The first-order valence-corrected chi connectivity index (χ1v) is 6.09. The first-order valence-electron chi connectivity index (χ1n) is 6.09. The number of amides is 1. The molecular weight excluding hydrogens is 206 g/mol. The van der Waals surface area contributed by atoms with Gasteiger partial charge >= 0.3 is 5.97 Å². The summed E-state index contributed by atoms with van der Waals surface area (Å²) >= 11 is 0. The van der Waals surface area contributed by atoms with Gasteiger partial charge in [0, 0.05) is 5.92 Å². The Morgan fingerprint density at radius 1 is 1.38 bits per heavy atom. The topological polar surface area (TPSA) is 66.4 Å². The molecule has 0 radical (unpaired) electrons. The van der Waals surface area contributed by atoms with Gasteiger partial charge < -0.3 is 10.4 Å². The fourth-order valence-electron chi connectivity index (χ4n) is 2.14. The van der Waals surface area contributed by atoms with Crippen LogP contribution in [0, 0.1) is 11.8 Å². The van der Waals surface area contributed by atoms with Crippen molar-refractivity contribution >= 4 is 11.9 Å². The summed E-state index contributed by atoms with van der Waals surface area (Å²) in [7, 11) is 0. The molecule has 2 N–H and O–H groups in total. The van der Waals surface area contributed by atoms with Crippen molar-refractivity contribution in [2.75, 3.05) is 0 Å². The Bertz CT molecular complexity index is 259. The zero-order valence-electron chi connectivity index (χ0n) is 10.0. The van der Waals surface area contributed by atoms with Gasteiger partial charge in [0.25, 0.3) is 0 Å². The van der Waals surface area contributed by atoms with Crippen molar-refractivity contribution in [1.82, 2.24) is 5.32 Å². The van der Waals surface area contributed by atoms with Crippen LogP contribution in [0.4, 0.5) is 0 Å². The monoisotopic (exact) mass is 227 g/mol. The number of hydrogen-bond acceptors (Lipinski definition) is 2. The molecule has 0 aromatic rings. The molecule has 2 atom stereocenters. The van der Waals surface area contributed by atoms with Gasteiger partial charge in [0.1, 0.15) is 6.04 Å². The van der Waals surface area contributed by atoms with E-state index in [0.29, 0.717) is 0 Å². The second kappa shape index (κ2) is 5.87. The second-order valence-corrected chi connectivity index (χ2v) is 4.69. The Kier molecular flexibility index (Phi) is 4.77. The largest absolute Gasteiger partial charge is 0.480 e. The minimum absolute atomic E-state index is 0.0251. The minimum Gasteiger partial charge on any atom is -0.480 e. The summed E-state index contributed by atoms with van der Waals surface area (Å²) in [4.78, 5) is 22.8. The van der Waals surface area contributed by atoms with E-state index in [1.54, 1.807) is 0 Å². The fraction of sp³-hybridized carbons (Fsp3) is 0.833. The van der Waals surface area contributed by atoms with E-state index in [1.165, 1.54) is 0 Å². The molecule has 92 valence electrons. The first-order chi connectivity index (χ1) is 7.56. The zero-order chi connectivity index (χ0) is 12.1. The van der Waals surface area contributed by atoms with Crippen molar-refractivity contribution in [3.8, 4) is 0 Å². The molecule has 1 aliphatic carbocycles. The Morgan fingerprint density at radius 3 is 2.38 bits per heavy atom. The number of carbonyl (C=O) groups excluding carboxylic acids is 1. The Hall–Kier alpha value is -1.06. The van der Waals surface area contributed by atoms with Crippen LogP contribution >= 0.6 is 0 Å². The van der Waals surface area contributed by atoms with Crippen LogP contribution in [0.25, 0.3) is 0 Å². The third-order valence-corrected chi connectivity index (χ3v) is 3.50. The molecule has 1 aliphatic rings. The predicted octanol–water partition coefficient (Wildman–Crippen LogP) is 1.79. The standard InChI is InChI=1S/C12H21NO3/c1-3-8(2)10(12(15)16)13-11(14)9-6-4-5-7-9/h8-10H,3-7H2,1-2H3,(H,13,14)(H,15,16). The van der Waals surface area contributed by atoms with Gasteiger partial charge in [-0.25, -0.2) is 4.79 Å². The van der Waals surface area contributed by atoms with Crippen molar-refractivity contribution < 1.29 is 14.7 Å². The first kappa shape index (κ1) is 13.0. The Morgan fingerprint density at radius 2 is 1.94 bits per heavy atom. The number of aliphatic carboxylic acids is 1. The van der Waals surface area contributed by atoms with Gasteiger partial charge in [0.15, 0.2) is 0 Å². The van der Waals surface area contributed by atoms with Crippen molar-refractivity contribution in [2.24, 2.45) is 11.8 Å². The molecule has 0 spiro atoms. The maximum absolute atomic E-state index is 11.8. The van der Waals surface area contributed by atoms with Crippen LogP contribution < -0.4 is 5.32 Å². The number of hydrogen-bond donors (Lipinski definition) is 2. The van der Waals surface area contributed by atoms with Gasteiger partial charge in [-0.05, 0) is 18.8 Å². The minimum atomic E-state index is -0.930. The van der Waals surface area contributed by atoms with Crippen molar-refractivity contribution in [3.63, 3.8) is 0 Å². The molecular formula is C12H21NO3. The molecule has 4 heteroatoms. The molecule has 1 amide bonds. The van der Waals surface area contributed by atoms with Gasteiger partial charge in [0.2, 0.25) is 5.91 Å². The van der Waals surface area contributed by atoms with E-state index < -0.39 is 12.0 Å². The molecule has 1 fully saturated rings. The second-order valence-electron chi connectivity index (χ2n) is 4.69. The summed E-state index contributed by atoms with van der Waals surface area (Å²) in [6, 6.07) is -0.738. The number of carbonyl (C=O) groups is 2. The molecule has 0 bridgehead atoms. The third kappa shape index (κ3) is 3.22.